The van der Waals surface area contributed by atoms with Crippen molar-refractivity contribution >= 4 is 0 Å². The molecule has 88 valence electrons. The van der Waals surface area contributed by atoms with Crippen molar-refractivity contribution in [2.24, 2.45) is 5.73 Å². The van der Waals surface area contributed by atoms with E-state index >= 15 is 0 Å². The zero-order valence-corrected chi connectivity index (χ0v) is 9.63. The molecule has 0 aliphatic rings. The minimum Gasteiger partial charge on any atom is -0.485 e. The number of ether oxygens (including phenoxy) is 1. The Bertz CT molecular complexity index is 501. The van der Waals surface area contributed by atoms with Crippen molar-refractivity contribution in [2.45, 2.75) is 20.1 Å². The van der Waals surface area contributed by atoms with Gasteiger partial charge in [0.05, 0.1) is 23.8 Å². The molecule has 0 saturated heterocycles. The maximum absolute atomic E-state index is 5.62. The summed E-state index contributed by atoms with van der Waals surface area (Å²) in [6.07, 6.45) is 6.75. The first-order chi connectivity index (χ1) is 8.29. The van der Waals surface area contributed by atoms with Gasteiger partial charge in [-0.3, -0.25) is 15.0 Å². The Morgan fingerprint density at radius 1 is 1.24 bits per heavy atom. The molecule has 0 atom stereocenters. The molecule has 0 amide bonds. The summed E-state index contributed by atoms with van der Waals surface area (Å²) in [4.78, 5) is 12.4. The molecule has 0 fully saturated rings. The SMILES string of the molecule is Cc1cncc(COc2cnccc2CN)n1. The van der Waals surface area contributed by atoms with Gasteiger partial charge in [0.25, 0.3) is 0 Å². The highest BCUT2D eigenvalue weighted by molar-refractivity contribution is 5.29. The largest absolute Gasteiger partial charge is 0.485 e. The van der Waals surface area contributed by atoms with Gasteiger partial charge in [0, 0.05) is 24.5 Å². The third kappa shape index (κ3) is 2.98. The fraction of sp³-hybridized carbons (Fsp3) is 0.250. The monoisotopic (exact) mass is 230 g/mol. The number of aromatic nitrogens is 3. The number of pyridine rings is 1. The molecular formula is C12H14N4O. The van der Waals surface area contributed by atoms with Gasteiger partial charge in [0.15, 0.2) is 0 Å². The average Bonchev–Trinajstić information content (AvgIpc) is 2.37. The smallest absolute Gasteiger partial charge is 0.142 e. The molecule has 2 heterocycles. The van der Waals surface area contributed by atoms with E-state index in [4.69, 9.17) is 10.5 Å². The van der Waals surface area contributed by atoms with Crippen molar-refractivity contribution in [3.8, 4) is 5.75 Å². The highest BCUT2D eigenvalue weighted by Gasteiger charge is 2.03. The lowest BCUT2D eigenvalue weighted by atomic mass is 10.2. The Hall–Kier alpha value is -2.01. The number of nitrogens with two attached hydrogens (primary N) is 1. The van der Waals surface area contributed by atoms with Crippen LogP contribution in [0.3, 0.4) is 0 Å². The average molecular weight is 230 g/mol. The molecule has 0 spiro atoms. The number of aryl methyl sites for hydroxylation is 1. The van der Waals surface area contributed by atoms with Crippen LogP contribution in [0.1, 0.15) is 17.0 Å². The molecule has 0 aliphatic heterocycles. The summed E-state index contributed by atoms with van der Waals surface area (Å²) < 4.78 is 5.62. The standard InChI is InChI=1S/C12H14N4O/c1-9-5-15-6-11(16-9)8-17-12-7-14-3-2-10(12)4-13/h2-3,5-7H,4,8,13H2,1H3. The predicted octanol–water partition coefficient (Wildman–Crippen LogP) is 1.22. The first kappa shape index (κ1) is 11.5. The van der Waals surface area contributed by atoms with Gasteiger partial charge in [-0.05, 0) is 13.0 Å². The summed E-state index contributed by atoms with van der Waals surface area (Å²) >= 11 is 0. The molecule has 2 rings (SSSR count). The van der Waals surface area contributed by atoms with Crippen LogP contribution in [-0.4, -0.2) is 15.0 Å². The van der Waals surface area contributed by atoms with Crippen molar-refractivity contribution in [1.82, 2.24) is 15.0 Å². The molecule has 5 nitrogen and oxygen atoms in total. The van der Waals surface area contributed by atoms with Crippen molar-refractivity contribution in [1.29, 1.82) is 0 Å². The molecule has 2 aromatic rings. The van der Waals surface area contributed by atoms with Crippen LogP contribution in [0.2, 0.25) is 0 Å². The molecule has 0 unspecified atom stereocenters. The second kappa shape index (κ2) is 5.36. The van der Waals surface area contributed by atoms with Gasteiger partial charge in [-0.25, -0.2) is 0 Å². The van der Waals surface area contributed by atoms with E-state index in [0.717, 1.165) is 17.0 Å². The van der Waals surface area contributed by atoms with E-state index in [1.54, 1.807) is 24.8 Å². The van der Waals surface area contributed by atoms with Crippen molar-refractivity contribution < 1.29 is 4.74 Å². The minimum atomic E-state index is 0.368. The lowest BCUT2D eigenvalue weighted by Gasteiger charge is -2.09. The van der Waals surface area contributed by atoms with E-state index in [-0.39, 0.29) is 0 Å². The van der Waals surface area contributed by atoms with Crippen LogP contribution in [0.5, 0.6) is 5.75 Å². The molecular weight excluding hydrogens is 216 g/mol. The zero-order valence-electron chi connectivity index (χ0n) is 9.63. The lowest BCUT2D eigenvalue weighted by Crippen LogP contribution is -2.04. The van der Waals surface area contributed by atoms with Gasteiger partial charge in [-0.1, -0.05) is 0 Å². The summed E-state index contributed by atoms with van der Waals surface area (Å²) in [5, 5.41) is 0. The Labute approximate surface area is 99.7 Å². The molecule has 5 heteroatoms. The second-order valence-corrected chi connectivity index (χ2v) is 3.63. The van der Waals surface area contributed by atoms with Gasteiger partial charge < -0.3 is 10.5 Å². The van der Waals surface area contributed by atoms with Crippen LogP contribution in [0.15, 0.2) is 30.9 Å². The van der Waals surface area contributed by atoms with E-state index in [1.807, 2.05) is 13.0 Å². The Morgan fingerprint density at radius 2 is 2.12 bits per heavy atom. The van der Waals surface area contributed by atoms with Gasteiger partial charge in [-0.15, -0.1) is 0 Å². The third-order valence-electron chi connectivity index (χ3n) is 2.27. The topological polar surface area (TPSA) is 73.9 Å². The van der Waals surface area contributed by atoms with Gasteiger partial charge in [-0.2, -0.15) is 0 Å². The van der Waals surface area contributed by atoms with Crippen LogP contribution in [0.4, 0.5) is 0 Å². The number of hydrogen-bond donors (Lipinski definition) is 1. The summed E-state index contributed by atoms with van der Waals surface area (Å²) in [6.45, 7) is 2.69. The maximum atomic E-state index is 5.62. The molecule has 0 aliphatic carbocycles. The molecule has 2 N–H and O–H groups in total. The van der Waals surface area contributed by atoms with Crippen molar-refractivity contribution in [3.05, 3.63) is 47.8 Å². The summed E-state index contributed by atoms with van der Waals surface area (Å²) in [6, 6.07) is 1.84. The first-order valence-electron chi connectivity index (χ1n) is 5.33. The lowest BCUT2D eigenvalue weighted by molar-refractivity contribution is 0.296. The van der Waals surface area contributed by atoms with E-state index in [2.05, 4.69) is 15.0 Å². The van der Waals surface area contributed by atoms with Gasteiger partial charge in [0.1, 0.15) is 12.4 Å². The predicted molar refractivity (Wildman–Crippen MR) is 63.2 cm³/mol. The molecule has 0 radical (unpaired) electrons. The van der Waals surface area contributed by atoms with Crippen LogP contribution < -0.4 is 10.5 Å². The Balaban J connectivity index is 2.07. The van der Waals surface area contributed by atoms with Crippen molar-refractivity contribution in [3.63, 3.8) is 0 Å². The van der Waals surface area contributed by atoms with E-state index in [1.165, 1.54) is 0 Å². The Kier molecular flexibility index (Phi) is 3.62. The van der Waals surface area contributed by atoms with Gasteiger partial charge in [0.2, 0.25) is 0 Å². The Morgan fingerprint density at radius 3 is 2.88 bits per heavy atom. The highest BCUT2D eigenvalue weighted by Crippen LogP contribution is 2.16. The molecule has 0 aromatic carbocycles. The van der Waals surface area contributed by atoms with Crippen LogP contribution >= 0.6 is 0 Å². The first-order valence-corrected chi connectivity index (χ1v) is 5.33. The van der Waals surface area contributed by atoms with E-state index in [0.29, 0.717) is 18.9 Å². The minimum absolute atomic E-state index is 0.368. The fourth-order valence-corrected chi connectivity index (χ4v) is 1.44. The van der Waals surface area contributed by atoms with E-state index < -0.39 is 0 Å². The molecule has 0 saturated carbocycles. The number of nitrogens with zero attached hydrogens (tertiary/aromatic N) is 3. The van der Waals surface area contributed by atoms with Crippen LogP contribution in [0, 0.1) is 6.92 Å². The van der Waals surface area contributed by atoms with Crippen LogP contribution in [-0.2, 0) is 13.2 Å². The molecule has 2 aromatic heterocycles. The van der Waals surface area contributed by atoms with Crippen molar-refractivity contribution in [2.75, 3.05) is 0 Å². The number of hydrogen-bond acceptors (Lipinski definition) is 5. The second-order valence-electron chi connectivity index (χ2n) is 3.63. The summed E-state index contributed by atoms with van der Waals surface area (Å²) in [5.41, 5.74) is 8.20. The quantitative estimate of drug-likeness (QED) is 0.854. The highest BCUT2D eigenvalue weighted by atomic mass is 16.5. The third-order valence-corrected chi connectivity index (χ3v) is 2.27. The van der Waals surface area contributed by atoms with E-state index in [9.17, 15) is 0 Å². The normalized spacial score (nSPS) is 10.2. The fourth-order valence-electron chi connectivity index (χ4n) is 1.44. The van der Waals surface area contributed by atoms with Crippen LogP contribution in [0.25, 0.3) is 0 Å². The molecule has 0 bridgehead atoms. The molecule has 17 heavy (non-hydrogen) atoms. The zero-order chi connectivity index (χ0) is 12.1. The maximum Gasteiger partial charge on any atom is 0.142 e. The summed E-state index contributed by atoms with van der Waals surface area (Å²) in [7, 11) is 0. The number of rotatable bonds is 4. The van der Waals surface area contributed by atoms with Gasteiger partial charge >= 0.3 is 0 Å². The summed E-state index contributed by atoms with van der Waals surface area (Å²) in [5.74, 6) is 0.693.